The summed E-state index contributed by atoms with van der Waals surface area (Å²) in [5, 5.41) is 2.94. The van der Waals surface area contributed by atoms with Crippen LogP contribution in [0.25, 0.3) is 0 Å². The van der Waals surface area contributed by atoms with Gasteiger partial charge in [0.1, 0.15) is 5.82 Å². The van der Waals surface area contributed by atoms with Crippen LogP contribution in [-0.2, 0) is 9.53 Å². The van der Waals surface area contributed by atoms with Crippen LogP contribution in [0.2, 0.25) is 5.02 Å². The molecule has 126 valence electrons. The van der Waals surface area contributed by atoms with E-state index >= 15 is 0 Å². The van der Waals surface area contributed by atoms with Gasteiger partial charge in [0, 0.05) is 37.2 Å². The highest BCUT2D eigenvalue weighted by atomic mass is 35.5. The number of benzene rings is 1. The average Bonchev–Trinajstić information content (AvgIpc) is 3.23. The van der Waals surface area contributed by atoms with Gasteiger partial charge >= 0.3 is 0 Å². The van der Waals surface area contributed by atoms with Crippen LogP contribution in [0, 0.1) is 11.7 Å². The molecule has 1 aromatic rings. The van der Waals surface area contributed by atoms with Gasteiger partial charge in [0.05, 0.1) is 12.3 Å². The number of ether oxygens (including phenoxy) is 1. The standard InChI is InChI=1S/C17H22ClFN2O2/c18-13-1-4-16(15(19)9-13)20-17(22)5-7-21(14-2-3-14)10-12-6-8-23-11-12/h1,4,9,12,14H,2-3,5-8,10-11H2,(H,20,22). The maximum atomic E-state index is 13.7. The van der Waals surface area contributed by atoms with Crippen molar-refractivity contribution in [2.24, 2.45) is 5.92 Å². The molecule has 2 aliphatic rings. The fraction of sp³-hybridized carbons (Fsp3) is 0.588. The van der Waals surface area contributed by atoms with Gasteiger partial charge in [0.2, 0.25) is 5.91 Å². The highest BCUT2D eigenvalue weighted by Crippen LogP contribution is 2.29. The largest absolute Gasteiger partial charge is 0.381 e. The van der Waals surface area contributed by atoms with E-state index in [0.717, 1.165) is 26.2 Å². The van der Waals surface area contributed by atoms with E-state index in [2.05, 4.69) is 10.2 Å². The van der Waals surface area contributed by atoms with Crippen molar-refractivity contribution in [2.75, 3.05) is 31.6 Å². The number of hydrogen-bond acceptors (Lipinski definition) is 3. The molecular formula is C17H22ClFN2O2. The van der Waals surface area contributed by atoms with Crippen LogP contribution in [0.15, 0.2) is 18.2 Å². The Morgan fingerprint density at radius 3 is 2.87 bits per heavy atom. The molecule has 0 aromatic heterocycles. The molecule has 0 radical (unpaired) electrons. The number of halogens is 2. The third kappa shape index (κ3) is 4.90. The number of carbonyl (C=O) groups is 1. The molecule has 3 rings (SSSR count). The first kappa shape index (κ1) is 16.7. The Balaban J connectivity index is 1.48. The van der Waals surface area contributed by atoms with Gasteiger partial charge in [-0.1, -0.05) is 11.6 Å². The second kappa shape index (κ2) is 7.60. The fourth-order valence-corrected chi connectivity index (χ4v) is 3.13. The zero-order chi connectivity index (χ0) is 16.2. The van der Waals surface area contributed by atoms with Gasteiger partial charge in [-0.15, -0.1) is 0 Å². The van der Waals surface area contributed by atoms with Gasteiger partial charge in [0.15, 0.2) is 0 Å². The number of hydrogen-bond donors (Lipinski definition) is 1. The van der Waals surface area contributed by atoms with Crippen LogP contribution < -0.4 is 5.32 Å². The molecule has 1 saturated heterocycles. The number of nitrogens with one attached hydrogen (secondary N) is 1. The summed E-state index contributed by atoms with van der Waals surface area (Å²) in [6.45, 7) is 3.38. The van der Waals surface area contributed by atoms with Gasteiger partial charge in [-0.3, -0.25) is 9.69 Å². The van der Waals surface area contributed by atoms with E-state index in [1.807, 2.05) is 0 Å². The van der Waals surface area contributed by atoms with Crippen molar-refractivity contribution in [3.63, 3.8) is 0 Å². The monoisotopic (exact) mass is 340 g/mol. The molecule has 6 heteroatoms. The van der Waals surface area contributed by atoms with Crippen molar-refractivity contribution < 1.29 is 13.9 Å². The van der Waals surface area contributed by atoms with E-state index < -0.39 is 5.82 Å². The van der Waals surface area contributed by atoms with Crippen LogP contribution in [0.3, 0.4) is 0 Å². The number of anilines is 1. The summed E-state index contributed by atoms with van der Waals surface area (Å²) in [7, 11) is 0. The van der Waals surface area contributed by atoms with Gasteiger partial charge in [-0.2, -0.15) is 0 Å². The highest BCUT2D eigenvalue weighted by Gasteiger charge is 2.31. The molecule has 1 saturated carbocycles. The highest BCUT2D eigenvalue weighted by molar-refractivity contribution is 6.30. The lowest BCUT2D eigenvalue weighted by molar-refractivity contribution is -0.116. The van der Waals surface area contributed by atoms with Crippen LogP contribution in [-0.4, -0.2) is 43.2 Å². The van der Waals surface area contributed by atoms with E-state index in [-0.39, 0.29) is 11.6 Å². The number of rotatable bonds is 7. The molecule has 1 aliphatic carbocycles. The fourth-order valence-electron chi connectivity index (χ4n) is 2.97. The number of nitrogens with zero attached hydrogens (tertiary/aromatic N) is 1. The zero-order valence-corrected chi connectivity index (χ0v) is 13.8. The third-order valence-electron chi connectivity index (χ3n) is 4.41. The summed E-state index contributed by atoms with van der Waals surface area (Å²) < 4.78 is 19.1. The number of amides is 1. The summed E-state index contributed by atoms with van der Waals surface area (Å²) in [5.74, 6) is -0.0973. The quantitative estimate of drug-likeness (QED) is 0.828. The molecule has 1 amide bonds. The Morgan fingerprint density at radius 2 is 2.22 bits per heavy atom. The van der Waals surface area contributed by atoms with Crippen LogP contribution in [0.5, 0.6) is 0 Å². The van der Waals surface area contributed by atoms with Crippen molar-refractivity contribution in [3.05, 3.63) is 29.0 Å². The lowest BCUT2D eigenvalue weighted by atomic mass is 10.1. The molecule has 1 unspecified atom stereocenters. The Morgan fingerprint density at radius 1 is 1.39 bits per heavy atom. The predicted octanol–water partition coefficient (Wildman–Crippen LogP) is 3.31. The second-order valence-electron chi connectivity index (χ2n) is 6.38. The summed E-state index contributed by atoms with van der Waals surface area (Å²) in [6.07, 6.45) is 3.89. The summed E-state index contributed by atoms with van der Waals surface area (Å²) >= 11 is 5.71. The second-order valence-corrected chi connectivity index (χ2v) is 6.81. The molecule has 1 aliphatic heterocycles. The molecular weight excluding hydrogens is 319 g/mol. The van der Waals surface area contributed by atoms with E-state index in [0.29, 0.717) is 29.9 Å². The molecule has 1 heterocycles. The van der Waals surface area contributed by atoms with Crippen molar-refractivity contribution in [3.8, 4) is 0 Å². The smallest absolute Gasteiger partial charge is 0.225 e. The van der Waals surface area contributed by atoms with Crippen molar-refractivity contribution in [2.45, 2.75) is 31.7 Å². The Labute approximate surface area is 140 Å². The summed E-state index contributed by atoms with van der Waals surface area (Å²) in [5.41, 5.74) is 0.182. The minimum absolute atomic E-state index is 0.167. The Hall–Kier alpha value is -1.17. The van der Waals surface area contributed by atoms with Gasteiger partial charge in [0.25, 0.3) is 0 Å². The Bertz CT molecular complexity index is 560. The van der Waals surface area contributed by atoms with Gasteiger partial charge < -0.3 is 10.1 Å². The lowest BCUT2D eigenvalue weighted by Crippen LogP contribution is -2.34. The molecule has 1 N–H and O–H groups in total. The molecule has 0 spiro atoms. The van der Waals surface area contributed by atoms with Crippen molar-refractivity contribution >= 4 is 23.2 Å². The zero-order valence-electron chi connectivity index (χ0n) is 13.1. The van der Waals surface area contributed by atoms with Crippen LogP contribution in [0.4, 0.5) is 10.1 Å². The molecule has 1 aromatic carbocycles. The first-order valence-corrected chi connectivity index (χ1v) is 8.56. The Kier molecular flexibility index (Phi) is 5.51. The number of carbonyl (C=O) groups excluding carboxylic acids is 1. The van der Waals surface area contributed by atoms with Gasteiger partial charge in [-0.05, 0) is 43.4 Å². The molecule has 23 heavy (non-hydrogen) atoms. The molecule has 1 atom stereocenters. The maximum absolute atomic E-state index is 13.7. The third-order valence-corrected chi connectivity index (χ3v) is 4.65. The van der Waals surface area contributed by atoms with Crippen molar-refractivity contribution in [1.82, 2.24) is 4.90 Å². The minimum Gasteiger partial charge on any atom is -0.381 e. The first-order valence-electron chi connectivity index (χ1n) is 8.18. The van der Waals surface area contributed by atoms with Crippen LogP contribution in [0.1, 0.15) is 25.7 Å². The molecule has 2 fully saturated rings. The maximum Gasteiger partial charge on any atom is 0.225 e. The lowest BCUT2D eigenvalue weighted by Gasteiger charge is -2.24. The van der Waals surface area contributed by atoms with E-state index in [4.69, 9.17) is 16.3 Å². The first-order chi connectivity index (χ1) is 11.1. The SMILES string of the molecule is O=C(CCN(CC1CCOC1)C1CC1)Nc1ccc(Cl)cc1F. The van der Waals surface area contributed by atoms with E-state index in [1.165, 1.54) is 25.0 Å². The van der Waals surface area contributed by atoms with E-state index in [1.54, 1.807) is 6.07 Å². The average molecular weight is 341 g/mol. The molecule has 0 bridgehead atoms. The van der Waals surface area contributed by atoms with Crippen LogP contribution >= 0.6 is 11.6 Å². The topological polar surface area (TPSA) is 41.6 Å². The summed E-state index contributed by atoms with van der Waals surface area (Å²) in [6, 6.07) is 4.87. The van der Waals surface area contributed by atoms with E-state index in [9.17, 15) is 9.18 Å². The van der Waals surface area contributed by atoms with Gasteiger partial charge in [-0.25, -0.2) is 4.39 Å². The normalized spacial score (nSPS) is 20.9. The summed E-state index contributed by atoms with van der Waals surface area (Å²) in [4.78, 5) is 14.5. The minimum atomic E-state index is -0.506. The van der Waals surface area contributed by atoms with Crippen molar-refractivity contribution in [1.29, 1.82) is 0 Å². The predicted molar refractivity (Wildman–Crippen MR) is 88.2 cm³/mol. The molecule has 4 nitrogen and oxygen atoms in total.